The number of nitrogens with one attached hydrogen (secondary N) is 3. The van der Waals surface area contributed by atoms with Crippen molar-refractivity contribution in [3.8, 4) is 0 Å². The minimum atomic E-state index is -0.562. The van der Waals surface area contributed by atoms with Gasteiger partial charge in [0.05, 0.1) is 0 Å². The van der Waals surface area contributed by atoms with Gasteiger partial charge in [0.1, 0.15) is 6.04 Å². The first-order chi connectivity index (χ1) is 11.1. The third kappa shape index (κ3) is 3.05. The number of anilines is 1. The number of nitrogens with zero attached hydrogens (tertiary/aromatic N) is 1. The molecule has 7 heteroatoms. The second-order valence-corrected chi connectivity index (χ2v) is 5.80. The molecule has 23 heavy (non-hydrogen) atoms. The number of carbonyl (C=O) groups excluding carboxylic acids is 3. The number of hydrogen-bond acceptors (Lipinski definition) is 5. The maximum absolute atomic E-state index is 12.5. The van der Waals surface area contributed by atoms with Gasteiger partial charge in [-0.25, -0.2) is 0 Å². The van der Waals surface area contributed by atoms with E-state index >= 15 is 0 Å². The summed E-state index contributed by atoms with van der Waals surface area (Å²) in [4.78, 5) is 37.3. The highest BCUT2D eigenvalue weighted by Gasteiger charge is 2.38. The lowest BCUT2D eigenvalue weighted by Gasteiger charge is -2.29. The standard InChI is InChI=1S/C16H20N4O3/c1-17-6-7-18-11-2-3-12-10(8-11)9-20(16(12)23)13-4-5-14(21)19-15(13)22/h2-3,8,13,17-18H,4-7,9H2,1H3,(H,19,21,22). The van der Waals surface area contributed by atoms with Gasteiger partial charge in [0.15, 0.2) is 0 Å². The molecular weight excluding hydrogens is 296 g/mol. The van der Waals surface area contributed by atoms with Crippen LogP contribution < -0.4 is 16.0 Å². The predicted molar refractivity (Wildman–Crippen MR) is 84.9 cm³/mol. The molecule has 2 aliphatic heterocycles. The third-order valence-electron chi connectivity index (χ3n) is 4.23. The van der Waals surface area contributed by atoms with E-state index in [1.807, 2.05) is 19.2 Å². The zero-order chi connectivity index (χ0) is 16.4. The summed E-state index contributed by atoms with van der Waals surface area (Å²) in [5, 5.41) is 8.65. The molecule has 122 valence electrons. The number of imide groups is 1. The number of piperidine rings is 1. The zero-order valence-corrected chi connectivity index (χ0v) is 13.0. The van der Waals surface area contributed by atoms with Crippen molar-refractivity contribution in [1.82, 2.24) is 15.5 Å². The Morgan fingerprint density at radius 1 is 1.26 bits per heavy atom. The quantitative estimate of drug-likeness (QED) is 0.529. The second kappa shape index (κ2) is 6.37. The van der Waals surface area contributed by atoms with Crippen LogP contribution >= 0.6 is 0 Å². The molecule has 7 nitrogen and oxygen atoms in total. The second-order valence-electron chi connectivity index (χ2n) is 5.80. The van der Waals surface area contributed by atoms with Crippen molar-refractivity contribution in [2.24, 2.45) is 0 Å². The van der Waals surface area contributed by atoms with Gasteiger partial charge < -0.3 is 15.5 Å². The minimum Gasteiger partial charge on any atom is -0.384 e. The van der Waals surface area contributed by atoms with Crippen LogP contribution in [0.1, 0.15) is 28.8 Å². The Balaban J connectivity index is 1.73. The minimum absolute atomic E-state index is 0.142. The molecule has 0 aliphatic carbocycles. The molecule has 1 saturated heterocycles. The number of amides is 3. The number of likely N-dealkylation sites (N-methyl/N-ethyl adjacent to an activating group) is 1. The van der Waals surface area contributed by atoms with E-state index in [-0.39, 0.29) is 24.1 Å². The summed E-state index contributed by atoms with van der Waals surface area (Å²) in [5.74, 6) is -0.794. The number of hydrogen-bond donors (Lipinski definition) is 3. The van der Waals surface area contributed by atoms with Gasteiger partial charge in [0, 0.05) is 37.3 Å². The molecule has 1 fully saturated rings. The Morgan fingerprint density at radius 3 is 2.83 bits per heavy atom. The number of carbonyl (C=O) groups is 3. The van der Waals surface area contributed by atoms with E-state index in [2.05, 4.69) is 16.0 Å². The fourth-order valence-corrected chi connectivity index (χ4v) is 3.02. The smallest absolute Gasteiger partial charge is 0.255 e. The molecular formula is C16H20N4O3. The van der Waals surface area contributed by atoms with Gasteiger partial charge in [-0.1, -0.05) is 0 Å². The van der Waals surface area contributed by atoms with Crippen LogP contribution in [0.2, 0.25) is 0 Å². The summed E-state index contributed by atoms with van der Waals surface area (Å²) in [5.41, 5.74) is 2.50. The van der Waals surface area contributed by atoms with E-state index in [1.165, 1.54) is 0 Å². The first-order valence-corrected chi connectivity index (χ1v) is 7.76. The van der Waals surface area contributed by atoms with Gasteiger partial charge in [0.25, 0.3) is 5.91 Å². The van der Waals surface area contributed by atoms with Crippen molar-refractivity contribution in [3.05, 3.63) is 29.3 Å². The van der Waals surface area contributed by atoms with Crippen molar-refractivity contribution in [1.29, 1.82) is 0 Å². The largest absolute Gasteiger partial charge is 0.384 e. The normalized spacial score (nSPS) is 20.5. The Hall–Kier alpha value is -2.41. The molecule has 1 unspecified atom stereocenters. The van der Waals surface area contributed by atoms with Crippen molar-refractivity contribution >= 4 is 23.4 Å². The summed E-state index contributed by atoms with van der Waals surface area (Å²) < 4.78 is 0. The summed E-state index contributed by atoms with van der Waals surface area (Å²) in [6.45, 7) is 2.04. The van der Waals surface area contributed by atoms with Crippen LogP contribution in [0.3, 0.4) is 0 Å². The van der Waals surface area contributed by atoms with Crippen molar-refractivity contribution < 1.29 is 14.4 Å². The first kappa shape index (κ1) is 15.5. The van der Waals surface area contributed by atoms with Crippen LogP contribution in [-0.4, -0.2) is 48.8 Å². The fraction of sp³-hybridized carbons (Fsp3) is 0.438. The van der Waals surface area contributed by atoms with E-state index in [1.54, 1.807) is 11.0 Å². The van der Waals surface area contributed by atoms with Gasteiger partial charge in [-0.2, -0.15) is 0 Å². The number of rotatable bonds is 5. The average molecular weight is 316 g/mol. The van der Waals surface area contributed by atoms with Crippen molar-refractivity contribution in [2.75, 3.05) is 25.5 Å². The molecule has 3 rings (SSSR count). The monoisotopic (exact) mass is 316 g/mol. The molecule has 0 radical (unpaired) electrons. The van der Waals surface area contributed by atoms with Crippen LogP contribution in [-0.2, 0) is 16.1 Å². The Bertz CT molecular complexity index is 659. The van der Waals surface area contributed by atoms with E-state index in [0.29, 0.717) is 18.5 Å². The summed E-state index contributed by atoms with van der Waals surface area (Å²) in [6, 6.07) is 5.06. The topological polar surface area (TPSA) is 90.5 Å². The number of benzene rings is 1. The number of fused-ring (bicyclic) bond motifs is 1. The molecule has 2 heterocycles. The van der Waals surface area contributed by atoms with Crippen LogP contribution in [0, 0.1) is 0 Å². The maximum atomic E-state index is 12.5. The van der Waals surface area contributed by atoms with E-state index in [0.717, 1.165) is 24.3 Å². The van der Waals surface area contributed by atoms with Crippen molar-refractivity contribution in [3.63, 3.8) is 0 Å². The molecule has 3 N–H and O–H groups in total. The van der Waals surface area contributed by atoms with Crippen LogP contribution in [0.4, 0.5) is 5.69 Å². The highest BCUT2D eigenvalue weighted by Crippen LogP contribution is 2.29. The first-order valence-electron chi connectivity index (χ1n) is 7.76. The molecule has 0 aromatic heterocycles. The van der Waals surface area contributed by atoms with Gasteiger partial charge in [0.2, 0.25) is 11.8 Å². The lowest BCUT2D eigenvalue weighted by Crippen LogP contribution is -2.52. The highest BCUT2D eigenvalue weighted by atomic mass is 16.2. The van der Waals surface area contributed by atoms with Gasteiger partial charge in [-0.3, -0.25) is 19.7 Å². The summed E-state index contributed by atoms with van der Waals surface area (Å²) in [7, 11) is 1.89. The Morgan fingerprint density at radius 2 is 2.09 bits per heavy atom. The SMILES string of the molecule is CNCCNc1ccc2c(c1)CN(C1CCC(=O)NC1=O)C2=O. The zero-order valence-electron chi connectivity index (χ0n) is 13.0. The van der Waals surface area contributed by atoms with Gasteiger partial charge >= 0.3 is 0 Å². The lowest BCUT2D eigenvalue weighted by molar-refractivity contribution is -0.136. The molecule has 1 atom stereocenters. The Kier molecular flexibility index (Phi) is 4.29. The van der Waals surface area contributed by atoms with Gasteiger partial charge in [-0.05, 0) is 37.2 Å². The van der Waals surface area contributed by atoms with Crippen molar-refractivity contribution in [2.45, 2.75) is 25.4 Å². The summed E-state index contributed by atoms with van der Waals surface area (Å²) in [6.07, 6.45) is 0.658. The average Bonchev–Trinajstić information content (AvgIpc) is 2.84. The Labute approximate surface area is 134 Å². The highest BCUT2D eigenvalue weighted by molar-refractivity contribution is 6.05. The lowest BCUT2D eigenvalue weighted by atomic mass is 10.0. The van der Waals surface area contributed by atoms with E-state index in [9.17, 15) is 14.4 Å². The van der Waals surface area contributed by atoms with Crippen LogP contribution in [0.5, 0.6) is 0 Å². The summed E-state index contributed by atoms with van der Waals surface area (Å²) >= 11 is 0. The van der Waals surface area contributed by atoms with Gasteiger partial charge in [-0.15, -0.1) is 0 Å². The van der Waals surface area contributed by atoms with Crippen LogP contribution in [0.25, 0.3) is 0 Å². The van der Waals surface area contributed by atoms with E-state index < -0.39 is 6.04 Å². The maximum Gasteiger partial charge on any atom is 0.255 e. The molecule has 2 aliphatic rings. The molecule has 0 spiro atoms. The predicted octanol–water partition coefficient (Wildman–Crippen LogP) is 0.0789. The molecule has 0 saturated carbocycles. The third-order valence-corrected chi connectivity index (χ3v) is 4.23. The van der Waals surface area contributed by atoms with E-state index in [4.69, 9.17) is 0 Å². The molecule has 0 bridgehead atoms. The fourth-order valence-electron chi connectivity index (χ4n) is 3.02. The molecule has 1 aromatic carbocycles. The molecule has 3 amide bonds. The van der Waals surface area contributed by atoms with Crippen LogP contribution in [0.15, 0.2) is 18.2 Å². The molecule has 1 aromatic rings.